The molecule has 13 nitrogen and oxygen atoms in total. The van der Waals surface area contributed by atoms with Gasteiger partial charge in [-0.2, -0.15) is 13.4 Å². The van der Waals surface area contributed by atoms with Crippen LogP contribution >= 0.6 is 30.0 Å². The fourth-order valence-corrected chi connectivity index (χ4v) is 26.9. The maximum atomic E-state index is 6.07. The van der Waals surface area contributed by atoms with E-state index < -0.39 is 35.6 Å². The quantitative estimate of drug-likeness (QED) is 0.233. The molecule has 0 saturated carbocycles. The molecule has 0 radical (unpaired) electrons. The molecule has 1 aliphatic heterocycles. The van der Waals surface area contributed by atoms with Crippen LogP contribution in [0.25, 0.3) is 0 Å². The van der Waals surface area contributed by atoms with Gasteiger partial charge in [-0.05, 0) is 124 Å². The van der Waals surface area contributed by atoms with Crippen LogP contribution in [0.3, 0.4) is 0 Å². The van der Waals surface area contributed by atoms with E-state index in [1.807, 2.05) is 0 Å². The first-order valence-corrected chi connectivity index (χ1v) is 20.8. The largest absolute Gasteiger partial charge is 0.310 e. The highest BCUT2D eigenvalue weighted by Crippen LogP contribution is 2.83. The summed E-state index contributed by atoms with van der Waals surface area (Å²) in [5.41, 5.74) is -0.359. The molecule has 252 valence electrons. The van der Waals surface area contributed by atoms with Crippen LogP contribution < -0.4 is 0 Å². The minimum Gasteiger partial charge on any atom is -0.252 e. The Kier molecular flexibility index (Phi) is 12.9. The third-order valence-corrected chi connectivity index (χ3v) is 24.6. The molecular formula is C25H68N13P4+. The van der Waals surface area contributed by atoms with E-state index in [9.17, 15) is 0 Å². The molecule has 0 aromatic rings. The summed E-state index contributed by atoms with van der Waals surface area (Å²) in [6.07, 6.45) is 0.887. The highest BCUT2D eigenvalue weighted by Gasteiger charge is 2.57. The minimum absolute atomic E-state index is 0.0660. The summed E-state index contributed by atoms with van der Waals surface area (Å²) >= 11 is 0. The molecule has 1 aliphatic rings. The Hall–Kier alpha value is 0.560. The van der Waals surface area contributed by atoms with Gasteiger partial charge in [0, 0.05) is 7.05 Å². The summed E-state index contributed by atoms with van der Waals surface area (Å²) < 4.78 is 43.0. The summed E-state index contributed by atoms with van der Waals surface area (Å²) in [5, 5.41) is 0. The molecule has 0 amide bonds. The minimum atomic E-state index is -3.20. The van der Waals surface area contributed by atoms with Gasteiger partial charge in [0.1, 0.15) is 0 Å². The van der Waals surface area contributed by atoms with Gasteiger partial charge in [-0.25, -0.2) is 23.4 Å². The van der Waals surface area contributed by atoms with Gasteiger partial charge in [-0.1, -0.05) is 25.6 Å². The fraction of sp³-hybridized carbons (Fsp3) is 1.00. The number of quaternary nitrogens is 1. The molecule has 0 N–H and O–H groups in total. The standard InChI is InChI=1S/C25H68N13P4/c1-24(2,3)23-25(4,5)26-39(27-40(30(6)7,31(8)9)32(10)11)28-41(33(12)13,34(14)15)37(20)38(21,22)42(29-39,35(16)17)36(18)19/h23H2,1-22H3/q+1. The maximum absolute atomic E-state index is 6.07. The lowest BCUT2D eigenvalue weighted by atomic mass is 9.82. The molecule has 0 aliphatic carbocycles. The molecule has 1 heterocycles. The molecule has 0 spiro atoms. The first kappa shape index (κ1) is 40.6. The molecule has 1 rings (SSSR count). The average molecular weight is 675 g/mol. The second-order valence-electron chi connectivity index (χ2n) is 14.8. The third kappa shape index (κ3) is 7.25. The SMILES string of the molecule is CN(C)P(=NP1(=NC(C)(C)CC(C)(C)C)N=P(N(C)C)(N(C)C)N(C)[N+](C)(C)P(N(C)C)(N(C)C)=N1)(N(C)C)N(C)C. The molecule has 0 aromatic carbocycles. The van der Waals surface area contributed by atoms with Crippen LogP contribution in [0.2, 0.25) is 0 Å². The predicted octanol–water partition coefficient (Wildman–Crippen LogP) is 6.85. The zero-order chi connectivity index (χ0) is 33.7. The molecule has 17 heteroatoms. The average Bonchev–Trinajstić information content (AvgIpc) is 2.81. The second-order valence-corrected chi connectivity index (χ2v) is 28.6. The van der Waals surface area contributed by atoms with Crippen molar-refractivity contribution in [3.63, 3.8) is 0 Å². The molecule has 1 atom stereocenters. The summed E-state index contributed by atoms with van der Waals surface area (Å²) in [4.78, 5) is 0. The van der Waals surface area contributed by atoms with Gasteiger partial charge in [0.2, 0.25) is 7.51 Å². The summed E-state index contributed by atoms with van der Waals surface area (Å²) in [6.45, 7) is 11.3. The lowest BCUT2D eigenvalue weighted by Gasteiger charge is -2.53. The molecule has 42 heavy (non-hydrogen) atoms. The van der Waals surface area contributed by atoms with E-state index in [-0.39, 0.29) is 5.41 Å². The molecule has 0 fully saturated rings. The second kappa shape index (κ2) is 13.4. The number of hydrogen-bond donors (Lipinski definition) is 0. The lowest BCUT2D eigenvalue weighted by molar-refractivity contribution is -0.875. The Balaban J connectivity index is 5.15. The molecular weight excluding hydrogens is 606 g/mol. The van der Waals surface area contributed by atoms with Crippen molar-refractivity contribution in [3.05, 3.63) is 0 Å². The van der Waals surface area contributed by atoms with Crippen molar-refractivity contribution < 1.29 is 4.36 Å². The number of nitrogens with zero attached hydrogens (tertiary/aromatic N) is 13. The van der Waals surface area contributed by atoms with E-state index in [1.165, 1.54) is 0 Å². The van der Waals surface area contributed by atoms with Crippen molar-refractivity contribution in [2.45, 2.75) is 46.6 Å². The van der Waals surface area contributed by atoms with E-state index in [1.54, 1.807) is 0 Å². The summed E-state index contributed by atoms with van der Waals surface area (Å²) in [6, 6.07) is 0. The van der Waals surface area contributed by atoms with Crippen molar-refractivity contribution in [1.82, 2.24) is 37.5 Å². The zero-order valence-electron chi connectivity index (χ0n) is 31.3. The zero-order valence-corrected chi connectivity index (χ0v) is 34.9. The van der Waals surface area contributed by atoms with Crippen LogP contribution in [0.15, 0.2) is 18.3 Å². The van der Waals surface area contributed by atoms with Gasteiger partial charge in [0.25, 0.3) is 0 Å². The van der Waals surface area contributed by atoms with Crippen LogP contribution in [0.1, 0.15) is 41.0 Å². The predicted molar refractivity (Wildman–Crippen MR) is 191 cm³/mol. The fourth-order valence-electron chi connectivity index (χ4n) is 6.66. The van der Waals surface area contributed by atoms with Gasteiger partial charge < -0.3 is 0 Å². The van der Waals surface area contributed by atoms with E-state index in [0.717, 1.165) is 6.42 Å². The van der Waals surface area contributed by atoms with E-state index in [2.05, 4.69) is 192 Å². The summed E-state index contributed by atoms with van der Waals surface area (Å²) in [5.74, 6) is 0. The highest BCUT2D eigenvalue weighted by molar-refractivity contribution is 7.80. The van der Waals surface area contributed by atoms with Crippen molar-refractivity contribution in [2.75, 3.05) is 120 Å². The lowest BCUT2D eigenvalue weighted by Crippen LogP contribution is -2.55. The topological polar surface area (TPSA) is 75.4 Å². The first-order valence-electron chi connectivity index (χ1n) is 14.4. The molecule has 1 unspecified atom stereocenters. The first-order chi connectivity index (χ1) is 18.5. The third-order valence-electron chi connectivity index (χ3n) is 7.60. The molecule has 0 aromatic heterocycles. The van der Waals surface area contributed by atoms with Crippen molar-refractivity contribution in [1.29, 1.82) is 0 Å². The van der Waals surface area contributed by atoms with Gasteiger partial charge in [0.05, 0.1) is 19.6 Å². The van der Waals surface area contributed by atoms with Crippen LogP contribution in [-0.2, 0) is 0 Å². The van der Waals surface area contributed by atoms with E-state index in [0.29, 0.717) is 4.36 Å². The Morgan fingerprint density at radius 1 is 0.667 bits per heavy atom. The van der Waals surface area contributed by atoms with Gasteiger partial charge >= 0.3 is 15.0 Å². The Labute approximate surface area is 261 Å². The monoisotopic (exact) mass is 674 g/mol. The highest BCUT2D eigenvalue weighted by atomic mass is 31.3. The van der Waals surface area contributed by atoms with Gasteiger partial charge in [0.15, 0.2) is 7.51 Å². The Bertz CT molecular complexity index is 1120. The molecule has 0 saturated heterocycles. The normalized spacial score (nSPS) is 23.6. The molecule has 0 bridgehead atoms. The number of rotatable bonds is 10. The summed E-state index contributed by atoms with van der Waals surface area (Å²) in [7, 11) is 25.9. The van der Waals surface area contributed by atoms with E-state index >= 15 is 0 Å². The Morgan fingerprint density at radius 2 is 1.05 bits per heavy atom. The van der Waals surface area contributed by atoms with Crippen LogP contribution in [0.5, 0.6) is 0 Å². The van der Waals surface area contributed by atoms with Gasteiger partial charge in [-0.15, -0.1) is 4.52 Å². The van der Waals surface area contributed by atoms with E-state index in [4.69, 9.17) is 18.3 Å². The number of hydrogen-bond acceptors (Lipinski definition) is 6. The van der Waals surface area contributed by atoms with Crippen LogP contribution in [-0.4, -0.2) is 167 Å². The van der Waals surface area contributed by atoms with Crippen molar-refractivity contribution >= 4 is 30.0 Å². The van der Waals surface area contributed by atoms with Crippen molar-refractivity contribution in [2.24, 2.45) is 23.7 Å². The van der Waals surface area contributed by atoms with Crippen molar-refractivity contribution in [3.8, 4) is 0 Å². The smallest absolute Gasteiger partial charge is 0.252 e. The van der Waals surface area contributed by atoms with Gasteiger partial charge in [-0.3, -0.25) is 14.0 Å². The Morgan fingerprint density at radius 3 is 1.33 bits per heavy atom. The van der Waals surface area contributed by atoms with Crippen LogP contribution in [0.4, 0.5) is 0 Å². The maximum Gasteiger partial charge on any atom is 0.310 e. The van der Waals surface area contributed by atoms with Crippen LogP contribution in [0, 0.1) is 5.41 Å².